The molecular formula is C15H22ClN3OS. The van der Waals surface area contributed by atoms with Crippen molar-refractivity contribution in [1.82, 2.24) is 14.9 Å². The molecule has 0 fully saturated rings. The number of aromatic nitrogens is 2. The molecule has 0 saturated heterocycles. The lowest BCUT2D eigenvalue weighted by Crippen LogP contribution is -2.38. The van der Waals surface area contributed by atoms with Gasteiger partial charge in [0, 0.05) is 11.4 Å². The fourth-order valence-electron chi connectivity index (χ4n) is 2.34. The molecule has 0 amide bonds. The first-order chi connectivity index (χ1) is 9.71. The number of aryl methyl sites for hydroxylation is 2. The first-order valence-electron chi connectivity index (χ1n) is 7.08. The average Bonchev–Trinajstić information content (AvgIpc) is 2.62. The molecular weight excluding hydrogens is 306 g/mol. The minimum atomic E-state index is -0.736. The van der Waals surface area contributed by atoms with Gasteiger partial charge in [-0.05, 0) is 39.8 Å². The third kappa shape index (κ3) is 3.92. The molecule has 0 saturated carbocycles. The van der Waals surface area contributed by atoms with Crippen LogP contribution in [0.15, 0.2) is 0 Å². The van der Waals surface area contributed by atoms with Gasteiger partial charge < -0.3 is 5.11 Å². The molecule has 21 heavy (non-hydrogen) atoms. The number of halogens is 1. The van der Waals surface area contributed by atoms with Crippen molar-refractivity contribution < 1.29 is 5.11 Å². The Bertz CT molecular complexity index is 648. The minimum Gasteiger partial charge on any atom is -0.389 e. The van der Waals surface area contributed by atoms with Crippen LogP contribution < -0.4 is 0 Å². The number of hydrogen-bond acceptors (Lipinski definition) is 5. The maximum absolute atomic E-state index is 9.96. The maximum atomic E-state index is 9.96. The van der Waals surface area contributed by atoms with Crippen LogP contribution in [0.4, 0.5) is 0 Å². The molecule has 0 aromatic carbocycles. The summed E-state index contributed by atoms with van der Waals surface area (Å²) in [5, 5.41) is 11.4. The Labute approximate surface area is 134 Å². The van der Waals surface area contributed by atoms with Gasteiger partial charge in [-0.15, -0.1) is 11.3 Å². The Kier molecular flexibility index (Phi) is 4.88. The van der Waals surface area contributed by atoms with E-state index in [1.54, 1.807) is 25.2 Å². The second kappa shape index (κ2) is 6.16. The van der Waals surface area contributed by atoms with Gasteiger partial charge in [-0.2, -0.15) is 0 Å². The second-order valence-corrected chi connectivity index (χ2v) is 7.57. The first kappa shape index (κ1) is 16.6. The summed E-state index contributed by atoms with van der Waals surface area (Å²) in [5.41, 5.74) is 0.426. The highest BCUT2D eigenvalue weighted by molar-refractivity contribution is 7.18. The van der Waals surface area contributed by atoms with Gasteiger partial charge in [0.05, 0.1) is 17.5 Å². The van der Waals surface area contributed by atoms with E-state index in [0.717, 1.165) is 22.3 Å². The number of fused-ring (bicyclic) bond motifs is 1. The number of aliphatic hydroxyl groups is 1. The molecule has 2 heterocycles. The van der Waals surface area contributed by atoms with Crippen LogP contribution in [-0.4, -0.2) is 38.7 Å². The van der Waals surface area contributed by atoms with Crippen molar-refractivity contribution in [2.24, 2.45) is 0 Å². The summed E-state index contributed by atoms with van der Waals surface area (Å²) in [7, 11) is 0. The zero-order valence-corrected chi connectivity index (χ0v) is 14.8. The largest absolute Gasteiger partial charge is 0.389 e. The highest BCUT2D eigenvalue weighted by Gasteiger charge is 2.19. The van der Waals surface area contributed by atoms with E-state index in [2.05, 4.69) is 35.6 Å². The van der Waals surface area contributed by atoms with E-state index in [1.807, 2.05) is 0 Å². The van der Waals surface area contributed by atoms with Crippen LogP contribution in [-0.2, 0) is 6.54 Å². The standard InChI is InChI=1S/C15H22ClN3OS/c1-6-19(8-15(4,5)20)7-11-17-13(16)12-9(2)10(3)21-14(12)18-11/h20H,6-8H2,1-5H3. The maximum Gasteiger partial charge on any atom is 0.145 e. The monoisotopic (exact) mass is 327 g/mol. The van der Waals surface area contributed by atoms with Crippen LogP contribution >= 0.6 is 22.9 Å². The van der Waals surface area contributed by atoms with Crippen LogP contribution in [0.5, 0.6) is 0 Å². The van der Waals surface area contributed by atoms with Crippen molar-refractivity contribution in [1.29, 1.82) is 0 Å². The topological polar surface area (TPSA) is 49.2 Å². The predicted molar refractivity (Wildman–Crippen MR) is 89.1 cm³/mol. The molecule has 0 aliphatic carbocycles. The van der Waals surface area contributed by atoms with Crippen LogP contribution in [0.1, 0.15) is 37.0 Å². The van der Waals surface area contributed by atoms with E-state index >= 15 is 0 Å². The predicted octanol–water partition coefficient (Wildman–Crippen LogP) is 3.55. The van der Waals surface area contributed by atoms with Gasteiger partial charge in [-0.25, -0.2) is 9.97 Å². The summed E-state index contributed by atoms with van der Waals surface area (Å²) in [6.07, 6.45) is 0. The number of nitrogens with zero attached hydrogens (tertiary/aromatic N) is 3. The second-order valence-electron chi connectivity index (χ2n) is 6.01. The van der Waals surface area contributed by atoms with Crippen molar-refractivity contribution >= 4 is 33.2 Å². The number of rotatable bonds is 5. The molecule has 2 aromatic heterocycles. The summed E-state index contributed by atoms with van der Waals surface area (Å²) in [6, 6.07) is 0. The summed E-state index contributed by atoms with van der Waals surface area (Å²) in [4.78, 5) is 13.4. The summed E-state index contributed by atoms with van der Waals surface area (Å²) in [6.45, 7) is 11.8. The van der Waals surface area contributed by atoms with E-state index in [-0.39, 0.29) is 0 Å². The molecule has 0 radical (unpaired) electrons. The van der Waals surface area contributed by atoms with Gasteiger partial charge >= 0.3 is 0 Å². The quantitative estimate of drug-likeness (QED) is 0.853. The Morgan fingerprint density at radius 3 is 2.52 bits per heavy atom. The molecule has 2 aromatic rings. The Balaban J connectivity index is 2.30. The van der Waals surface area contributed by atoms with E-state index < -0.39 is 5.60 Å². The fourth-order valence-corrected chi connectivity index (χ4v) is 3.77. The van der Waals surface area contributed by atoms with Crippen molar-refractivity contribution in [2.45, 2.75) is 46.8 Å². The van der Waals surface area contributed by atoms with Gasteiger partial charge in [0.15, 0.2) is 0 Å². The molecule has 0 atom stereocenters. The Morgan fingerprint density at radius 2 is 1.95 bits per heavy atom. The highest BCUT2D eigenvalue weighted by Crippen LogP contribution is 2.33. The van der Waals surface area contributed by atoms with Crippen molar-refractivity contribution in [2.75, 3.05) is 13.1 Å². The van der Waals surface area contributed by atoms with Crippen molar-refractivity contribution in [3.05, 3.63) is 21.4 Å². The molecule has 4 nitrogen and oxygen atoms in total. The molecule has 0 spiro atoms. The fraction of sp³-hybridized carbons (Fsp3) is 0.600. The van der Waals surface area contributed by atoms with E-state index in [4.69, 9.17) is 11.6 Å². The lowest BCUT2D eigenvalue weighted by Gasteiger charge is -2.27. The molecule has 6 heteroatoms. The lowest BCUT2D eigenvalue weighted by atomic mass is 10.1. The average molecular weight is 328 g/mol. The van der Waals surface area contributed by atoms with Gasteiger partial charge in [0.2, 0.25) is 0 Å². The molecule has 0 aliphatic heterocycles. The highest BCUT2D eigenvalue weighted by atomic mass is 35.5. The third-order valence-electron chi connectivity index (χ3n) is 3.45. The Morgan fingerprint density at radius 1 is 1.29 bits per heavy atom. The zero-order chi connectivity index (χ0) is 15.8. The van der Waals surface area contributed by atoms with Crippen LogP contribution in [0.25, 0.3) is 10.2 Å². The van der Waals surface area contributed by atoms with Crippen LogP contribution in [0, 0.1) is 13.8 Å². The number of likely N-dealkylation sites (N-methyl/N-ethyl adjacent to an activating group) is 1. The SMILES string of the molecule is CCN(Cc1nc(Cl)c2c(C)c(C)sc2n1)CC(C)(C)O. The van der Waals surface area contributed by atoms with Crippen molar-refractivity contribution in [3.8, 4) is 0 Å². The third-order valence-corrected chi connectivity index (χ3v) is 4.83. The zero-order valence-electron chi connectivity index (χ0n) is 13.2. The number of hydrogen-bond donors (Lipinski definition) is 1. The Hall–Kier alpha value is -0.750. The molecule has 0 aliphatic rings. The van der Waals surface area contributed by atoms with E-state index in [1.165, 1.54) is 4.88 Å². The van der Waals surface area contributed by atoms with Gasteiger partial charge in [0.25, 0.3) is 0 Å². The van der Waals surface area contributed by atoms with Gasteiger partial charge in [-0.3, -0.25) is 4.90 Å². The van der Waals surface area contributed by atoms with Crippen LogP contribution in [0.3, 0.4) is 0 Å². The smallest absolute Gasteiger partial charge is 0.145 e. The van der Waals surface area contributed by atoms with E-state index in [9.17, 15) is 5.11 Å². The van der Waals surface area contributed by atoms with Crippen molar-refractivity contribution in [3.63, 3.8) is 0 Å². The summed E-state index contributed by atoms with van der Waals surface area (Å²) < 4.78 is 0. The normalized spacial score (nSPS) is 12.6. The van der Waals surface area contributed by atoms with Crippen LogP contribution in [0.2, 0.25) is 5.15 Å². The van der Waals surface area contributed by atoms with E-state index in [0.29, 0.717) is 24.1 Å². The lowest BCUT2D eigenvalue weighted by molar-refractivity contribution is 0.0346. The minimum absolute atomic E-state index is 0.524. The molecule has 0 unspecified atom stereocenters. The summed E-state index contributed by atoms with van der Waals surface area (Å²) >= 11 is 7.98. The van der Waals surface area contributed by atoms with Gasteiger partial charge in [-0.1, -0.05) is 18.5 Å². The molecule has 2 rings (SSSR count). The van der Waals surface area contributed by atoms with Gasteiger partial charge in [0.1, 0.15) is 15.8 Å². The summed E-state index contributed by atoms with van der Waals surface area (Å²) in [5.74, 6) is 0.708. The number of thiophene rings is 1. The molecule has 1 N–H and O–H groups in total. The molecule has 116 valence electrons. The molecule has 0 bridgehead atoms. The first-order valence-corrected chi connectivity index (χ1v) is 8.27.